The molecule has 0 aromatic heterocycles. The summed E-state index contributed by atoms with van der Waals surface area (Å²) >= 11 is 0. The lowest BCUT2D eigenvalue weighted by molar-refractivity contribution is -0.189. The van der Waals surface area contributed by atoms with E-state index in [0.29, 0.717) is 5.56 Å². The second kappa shape index (κ2) is 13.6. The Morgan fingerprint density at radius 3 is 2.42 bits per heavy atom. The highest BCUT2D eigenvalue weighted by Gasteiger charge is 2.51. The maximum atomic E-state index is 14.7. The number of rotatable bonds is 9. The van der Waals surface area contributed by atoms with Gasteiger partial charge < -0.3 is 25.0 Å². The minimum absolute atomic E-state index is 0.0117. The quantitative estimate of drug-likeness (QED) is 0.213. The van der Waals surface area contributed by atoms with Gasteiger partial charge in [-0.25, -0.2) is 28.4 Å². The highest BCUT2D eigenvalue weighted by Crippen LogP contribution is 2.30. The van der Waals surface area contributed by atoms with Crippen LogP contribution in [0.15, 0.2) is 85.5 Å². The summed E-state index contributed by atoms with van der Waals surface area (Å²) in [4.78, 5) is 55.1. The fraction of sp³-hybridized carbons (Fsp3) is 0.250. The largest absolute Gasteiger partial charge is 0.511 e. The van der Waals surface area contributed by atoms with Crippen molar-refractivity contribution in [1.29, 1.82) is 0 Å². The number of amides is 4. The van der Waals surface area contributed by atoms with E-state index in [4.69, 9.17) is 5.11 Å². The van der Waals surface area contributed by atoms with Gasteiger partial charge in [0.25, 0.3) is 0 Å². The first kappa shape index (κ1) is 31.1. The number of urea groups is 1. The van der Waals surface area contributed by atoms with Gasteiger partial charge in [-0.15, -0.1) is 6.58 Å². The number of ether oxygens (including phenoxy) is 1. The van der Waals surface area contributed by atoms with Gasteiger partial charge >= 0.3 is 12.2 Å². The van der Waals surface area contributed by atoms with E-state index in [1.165, 1.54) is 33.0 Å². The maximum Gasteiger partial charge on any atom is 0.511 e. The molecule has 45 heavy (non-hydrogen) atoms. The number of fused-ring (bicyclic) bond motifs is 1. The summed E-state index contributed by atoms with van der Waals surface area (Å²) < 4.78 is 33.1. The van der Waals surface area contributed by atoms with Crippen molar-refractivity contribution in [2.45, 2.75) is 31.7 Å². The number of carbonyl (C=O) groups excluding carboxylic acids is 3. The second-order valence-corrected chi connectivity index (χ2v) is 10.6. The molecule has 234 valence electrons. The molecule has 2 N–H and O–H groups in total. The van der Waals surface area contributed by atoms with E-state index in [1.54, 1.807) is 23.2 Å². The van der Waals surface area contributed by atoms with Crippen molar-refractivity contribution < 1.29 is 37.8 Å². The lowest BCUT2D eigenvalue weighted by Gasteiger charge is -2.55. The standard InChI is InChI=1S/C32H31F2N5O6/c1-2-14-37-20-29(40)38-27(15-21-8-12-25(13-9-21)45-32(43)44)30(41)36(18-23-10-11-24(33)16-26(23)34)19-28(38)39(37)31(42)35-17-22-6-4-3-5-7-22/h2-13,16,27-28H,1,14-15,17-20H2,(H,35,42)(H,43,44). The van der Waals surface area contributed by atoms with Crippen molar-refractivity contribution in [1.82, 2.24) is 25.1 Å². The molecular weight excluding hydrogens is 588 g/mol. The van der Waals surface area contributed by atoms with E-state index in [2.05, 4.69) is 16.6 Å². The van der Waals surface area contributed by atoms with Gasteiger partial charge in [0.05, 0.1) is 13.1 Å². The van der Waals surface area contributed by atoms with Gasteiger partial charge in [-0.05, 0) is 29.3 Å². The SMILES string of the molecule is C=CCN1CC(=O)N2C(Cc3ccc(OC(=O)O)cc3)C(=O)N(Cc3ccc(F)cc3F)CC2N1C(=O)NCc1ccccc1. The minimum atomic E-state index is -1.48. The van der Waals surface area contributed by atoms with Gasteiger partial charge in [0.15, 0.2) is 0 Å². The van der Waals surface area contributed by atoms with Crippen LogP contribution in [0.2, 0.25) is 0 Å². The van der Waals surface area contributed by atoms with Crippen LogP contribution in [0.3, 0.4) is 0 Å². The van der Waals surface area contributed by atoms with Crippen molar-refractivity contribution in [3.05, 3.63) is 114 Å². The van der Waals surface area contributed by atoms with Gasteiger partial charge in [-0.3, -0.25) is 9.59 Å². The van der Waals surface area contributed by atoms with E-state index in [9.17, 15) is 28.0 Å². The topological polar surface area (TPSA) is 123 Å². The highest BCUT2D eigenvalue weighted by molar-refractivity contribution is 5.91. The summed E-state index contributed by atoms with van der Waals surface area (Å²) in [7, 11) is 0. The molecule has 11 nitrogen and oxygen atoms in total. The van der Waals surface area contributed by atoms with Gasteiger partial charge in [0, 0.05) is 37.7 Å². The number of halogens is 2. The number of hydrogen-bond acceptors (Lipinski definition) is 6. The van der Waals surface area contributed by atoms with Crippen molar-refractivity contribution in [3.8, 4) is 5.75 Å². The molecule has 3 aromatic carbocycles. The van der Waals surface area contributed by atoms with E-state index in [0.717, 1.165) is 17.7 Å². The monoisotopic (exact) mass is 619 g/mol. The number of nitrogens with zero attached hydrogens (tertiary/aromatic N) is 4. The third-order valence-electron chi connectivity index (χ3n) is 7.60. The fourth-order valence-corrected chi connectivity index (χ4v) is 5.57. The molecule has 13 heteroatoms. The highest BCUT2D eigenvalue weighted by atomic mass is 19.1. The van der Waals surface area contributed by atoms with Crippen LogP contribution in [0.5, 0.6) is 5.75 Å². The maximum absolute atomic E-state index is 14.7. The van der Waals surface area contributed by atoms with Gasteiger partial charge in [-0.1, -0.05) is 54.6 Å². The Labute approximate surface area is 257 Å². The number of benzene rings is 3. The molecule has 0 aliphatic carbocycles. The molecule has 0 saturated carbocycles. The number of hydrazine groups is 1. The van der Waals surface area contributed by atoms with Crippen molar-refractivity contribution >= 4 is 24.0 Å². The van der Waals surface area contributed by atoms with Crippen molar-refractivity contribution in [2.75, 3.05) is 19.6 Å². The molecule has 2 aliphatic rings. The molecule has 2 unspecified atom stereocenters. The number of piperazine rings is 1. The number of nitrogens with one attached hydrogen (secondary N) is 1. The summed E-state index contributed by atoms with van der Waals surface area (Å²) in [6.07, 6.45) is -0.885. The predicted molar refractivity (Wildman–Crippen MR) is 157 cm³/mol. The Morgan fingerprint density at radius 2 is 1.76 bits per heavy atom. The molecule has 2 saturated heterocycles. The van der Waals surface area contributed by atoms with Crippen molar-refractivity contribution in [3.63, 3.8) is 0 Å². The third kappa shape index (κ3) is 7.10. The van der Waals surface area contributed by atoms with Gasteiger partial charge in [0.2, 0.25) is 11.8 Å². The molecule has 0 radical (unpaired) electrons. The van der Waals surface area contributed by atoms with E-state index >= 15 is 0 Å². The fourth-order valence-electron chi connectivity index (χ4n) is 5.57. The molecule has 2 fully saturated rings. The molecule has 0 bridgehead atoms. The van der Waals surface area contributed by atoms with Crippen LogP contribution < -0.4 is 10.1 Å². The van der Waals surface area contributed by atoms with Crippen LogP contribution in [0, 0.1) is 11.6 Å². The molecule has 5 rings (SSSR count). The number of hydrogen-bond donors (Lipinski definition) is 2. The average Bonchev–Trinajstić information content (AvgIpc) is 3.00. The Balaban J connectivity index is 1.49. The van der Waals surface area contributed by atoms with E-state index in [-0.39, 0.29) is 50.5 Å². The lowest BCUT2D eigenvalue weighted by Crippen LogP contribution is -2.76. The normalized spacial score (nSPS) is 18.4. The Morgan fingerprint density at radius 1 is 1.02 bits per heavy atom. The first-order chi connectivity index (χ1) is 21.6. The predicted octanol–water partition coefficient (Wildman–Crippen LogP) is 3.76. The summed E-state index contributed by atoms with van der Waals surface area (Å²) in [6.45, 7) is 3.54. The third-order valence-corrected chi connectivity index (χ3v) is 7.60. The lowest BCUT2D eigenvalue weighted by atomic mass is 9.98. The number of carboxylic acid groups (broad SMARTS) is 1. The Kier molecular flexibility index (Phi) is 9.38. The van der Waals surface area contributed by atoms with Crippen LogP contribution in [-0.2, 0) is 29.1 Å². The smallest absolute Gasteiger partial charge is 0.449 e. The molecule has 4 amide bonds. The number of carbonyl (C=O) groups is 4. The second-order valence-electron chi connectivity index (χ2n) is 10.6. The van der Waals surface area contributed by atoms with Gasteiger partial charge in [0.1, 0.15) is 29.6 Å². The van der Waals surface area contributed by atoms with Crippen LogP contribution in [-0.4, -0.2) is 80.8 Å². The van der Waals surface area contributed by atoms with Crippen LogP contribution in [0.4, 0.5) is 18.4 Å². The average molecular weight is 620 g/mol. The van der Waals surface area contributed by atoms with Gasteiger partial charge in [-0.2, -0.15) is 0 Å². The molecular formula is C32H31F2N5O6. The zero-order chi connectivity index (χ0) is 32.1. The molecule has 2 aliphatic heterocycles. The van der Waals surface area contributed by atoms with Crippen LogP contribution >= 0.6 is 0 Å². The molecule has 2 atom stereocenters. The zero-order valence-electron chi connectivity index (χ0n) is 24.1. The van der Waals surface area contributed by atoms with E-state index < -0.39 is 47.8 Å². The first-order valence-electron chi connectivity index (χ1n) is 14.1. The van der Waals surface area contributed by atoms with Crippen molar-refractivity contribution in [2.24, 2.45) is 0 Å². The zero-order valence-corrected chi connectivity index (χ0v) is 24.1. The van der Waals surface area contributed by atoms with Crippen LogP contribution in [0.1, 0.15) is 16.7 Å². The van der Waals surface area contributed by atoms with E-state index in [1.807, 2.05) is 30.3 Å². The summed E-state index contributed by atoms with van der Waals surface area (Å²) in [5.74, 6) is -2.41. The minimum Gasteiger partial charge on any atom is -0.449 e. The summed E-state index contributed by atoms with van der Waals surface area (Å²) in [6, 6.07) is 16.7. The molecule has 3 aromatic rings. The Bertz CT molecular complexity index is 1590. The molecule has 2 heterocycles. The molecule has 0 spiro atoms. The van der Waals surface area contributed by atoms with Crippen LogP contribution in [0.25, 0.3) is 0 Å². The Hall–Kier alpha value is -5.30. The first-order valence-corrected chi connectivity index (χ1v) is 14.1. The summed E-state index contributed by atoms with van der Waals surface area (Å²) in [5, 5.41) is 14.7. The summed E-state index contributed by atoms with van der Waals surface area (Å²) in [5.41, 5.74) is 1.50.